The lowest BCUT2D eigenvalue weighted by Gasteiger charge is -2.30. The Morgan fingerprint density at radius 2 is 1.88 bits per heavy atom. The highest BCUT2D eigenvalue weighted by molar-refractivity contribution is 6.31. The highest BCUT2D eigenvalue weighted by atomic mass is 28.2. The van der Waals surface area contributed by atoms with E-state index in [0.717, 1.165) is 11.8 Å². The fourth-order valence-electron chi connectivity index (χ4n) is 1.33. The molecule has 1 rings (SSSR count). The molecule has 3 nitrogen and oxygen atoms in total. The quantitative estimate of drug-likeness (QED) is 0.609. The number of nitrogens with zero attached hydrogens (tertiary/aromatic N) is 1. The van der Waals surface area contributed by atoms with Crippen LogP contribution in [-0.4, -0.2) is 21.0 Å². The topological polar surface area (TPSA) is 39.2 Å². The number of carbonyl (C=O) groups is 1. The molecule has 0 amide bonds. The summed E-state index contributed by atoms with van der Waals surface area (Å²) < 4.78 is 6.06. The molecule has 0 saturated heterocycles. The Morgan fingerprint density at radius 3 is 2.41 bits per heavy atom. The molecule has 0 radical (unpaired) electrons. The van der Waals surface area contributed by atoms with Crippen molar-refractivity contribution in [2.75, 3.05) is 0 Å². The van der Waals surface area contributed by atoms with Gasteiger partial charge in [-0.15, -0.1) is 0 Å². The molecule has 0 atom stereocenters. The van der Waals surface area contributed by atoms with Gasteiger partial charge in [-0.05, 0) is 25.0 Å². The van der Waals surface area contributed by atoms with Crippen molar-refractivity contribution in [1.29, 1.82) is 0 Å². The van der Waals surface area contributed by atoms with Gasteiger partial charge >= 0.3 is 0 Å². The number of hydrogen-bond donors (Lipinski definition) is 0. The Labute approximate surface area is 106 Å². The van der Waals surface area contributed by atoms with E-state index in [2.05, 4.69) is 25.8 Å². The van der Waals surface area contributed by atoms with Gasteiger partial charge in [0.05, 0.1) is 5.60 Å². The Balaban J connectivity index is 2.84. The molecule has 0 bridgehead atoms. The molecule has 17 heavy (non-hydrogen) atoms. The smallest absolute Gasteiger partial charge is 0.168 e. The SMILES string of the molecule is CC(C)(C)[SiH2]OC(C)(C)c1cncc(C=O)c1. The zero-order valence-electron chi connectivity index (χ0n) is 11.3. The number of aldehydes is 1. The van der Waals surface area contributed by atoms with Gasteiger partial charge in [-0.2, -0.15) is 0 Å². The van der Waals surface area contributed by atoms with Crippen LogP contribution in [0.2, 0.25) is 5.04 Å². The van der Waals surface area contributed by atoms with Crippen molar-refractivity contribution in [3.63, 3.8) is 0 Å². The van der Waals surface area contributed by atoms with Gasteiger partial charge in [-0.1, -0.05) is 20.8 Å². The van der Waals surface area contributed by atoms with Crippen molar-refractivity contribution in [1.82, 2.24) is 4.98 Å². The number of pyridine rings is 1. The van der Waals surface area contributed by atoms with E-state index >= 15 is 0 Å². The van der Waals surface area contributed by atoms with Crippen LogP contribution in [0.5, 0.6) is 0 Å². The Bertz CT molecular complexity index is 397. The van der Waals surface area contributed by atoms with Crippen LogP contribution in [-0.2, 0) is 10.0 Å². The highest BCUT2D eigenvalue weighted by Crippen LogP contribution is 2.29. The van der Waals surface area contributed by atoms with Crippen molar-refractivity contribution in [3.05, 3.63) is 29.6 Å². The predicted molar refractivity (Wildman–Crippen MR) is 72.0 cm³/mol. The maximum atomic E-state index is 10.7. The minimum Gasteiger partial charge on any atom is -0.414 e. The average molecular weight is 251 g/mol. The molecule has 0 N–H and O–H groups in total. The lowest BCUT2D eigenvalue weighted by molar-refractivity contribution is 0.108. The summed E-state index contributed by atoms with van der Waals surface area (Å²) >= 11 is 0. The Hall–Kier alpha value is -1.00. The van der Waals surface area contributed by atoms with Gasteiger partial charge in [0.1, 0.15) is 0 Å². The van der Waals surface area contributed by atoms with Gasteiger partial charge < -0.3 is 4.43 Å². The van der Waals surface area contributed by atoms with Crippen molar-refractivity contribution in [2.24, 2.45) is 0 Å². The number of hydrogen-bond acceptors (Lipinski definition) is 3. The minimum atomic E-state index is -0.633. The largest absolute Gasteiger partial charge is 0.414 e. The average Bonchev–Trinajstić information content (AvgIpc) is 2.26. The lowest BCUT2D eigenvalue weighted by Crippen LogP contribution is -2.27. The molecule has 1 heterocycles. The van der Waals surface area contributed by atoms with Gasteiger partial charge in [0.2, 0.25) is 0 Å². The fourth-order valence-corrected chi connectivity index (χ4v) is 2.29. The van der Waals surface area contributed by atoms with Crippen LogP contribution in [0.15, 0.2) is 18.5 Å². The second-order valence-corrected chi connectivity index (χ2v) is 8.68. The number of aromatic nitrogens is 1. The first kappa shape index (κ1) is 14.1. The van der Waals surface area contributed by atoms with Crippen LogP contribution in [0, 0.1) is 0 Å². The van der Waals surface area contributed by atoms with Crippen molar-refractivity contribution in [2.45, 2.75) is 45.3 Å². The minimum absolute atomic E-state index is 0.257. The number of carbonyl (C=O) groups excluding carboxylic acids is 1. The van der Waals surface area contributed by atoms with E-state index in [1.54, 1.807) is 12.4 Å². The summed E-state index contributed by atoms with van der Waals surface area (Å²) in [6.45, 7) is 10.6. The zero-order valence-corrected chi connectivity index (χ0v) is 12.7. The summed E-state index contributed by atoms with van der Waals surface area (Å²) in [4.78, 5) is 14.8. The first-order valence-electron chi connectivity index (χ1n) is 5.79. The van der Waals surface area contributed by atoms with E-state index in [4.69, 9.17) is 4.43 Å². The molecule has 0 unspecified atom stereocenters. The molecule has 0 fully saturated rings. The van der Waals surface area contributed by atoms with Crippen molar-refractivity contribution >= 4 is 16.0 Å². The maximum absolute atomic E-state index is 10.7. The third-order valence-electron chi connectivity index (χ3n) is 2.46. The Kier molecular flexibility index (Phi) is 4.22. The van der Waals surface area contributed by atoms with E-state index in [0.29, 0.717) is 5.56 Å². The van der Waals surface area contributed by atoms with E-state index in [9.17, 15) is 4.79 Å². The van der Waals surface area contributed by atoms with Crippen LogP contribution in [0.4, 0.5) is 0 Å². The second kappa shape index (κ2) is 5.10. The van der Waals surface area contributed by atoms with E-state index in [1.165, 1.54) is 0 Å². The van der Waals surface area contributed by atoms with Gasteiger partial charge in [0.25, 0.3) is 0 Å². The third kappa shape index (κ3) is 4.40. The van der Waals surface area contributed by atoms with Crippen LogP contribution in [0.1, 0.15) is 50.5 Å². The molecule has 94 valence electrons. The first-order chi connectivity index (χ1) is 7.74. The standard InChI is InChI=1S/C13H21NO2Si/c1-12(2,3)17-16-13(4,5)11-6-10(9-15)7-14-8-11/h6-9H,17H2,1-5H3. The van der Waals surface area contributed by atoms with Crippen LogP contribution < -0.4 is 0 Å². The van der Waals surface area contributed by atoms with Crippen molar-refractivity contribution in [3.8, 4) is 0 Å². The lowest BCUT2D eigenvalue weighted by atomic mass is 9.99. The Morgan fingerprint density at radius 1 is 1.24 bits per heavy atom. The van der Waals surface area contributed by atoms with E-state index in [1.807, 2.05) is 19.9 Å². The number of rotatable bonds is 4. The van der Waals surface area contributed by atoms with Gasteiger partial charge in [-0.3, -0.25) is 9.78 Å². The normalized spacial score (nSPS) is 13.2. The monoisotopic (exact) mass is 251 g/mol. The second-order valence-electron chi connectivity index (χ2n) is 5.98. The summed E-state index contributed by atoms with van der Waals surface area (Å²) in [7, 11) is -0.633. The molecule has 0 spiro atoms. The molecule has 4 heteroatoms. The molecule has 0 aliphatic rings. The zero-order chi connectivity index (χ0) is 13.1. The molecule has 1 aromatic heterocycles. The molecule has 0 aliphatic heterocycles. The van der Waals surface area contributed by atoms with Gasteiger partial charge in [0, 0.05) is 23.5 Å². The van der Waals surface area contributed by atoms with Crippen molar-refractivity contribution < 1.29 is 9.22 Å². The molecular weight excluding hydrogens is 230 g/mol. The maximum Gasteiger partial charge on any atom is 0.168 e. The molecule has 0 saturated carbocycles. The first-order valence-corrected chi connectivity index (χ1v) is 7.08. The highest BCUT2D eigenvalue weighted by Gasteiger charge is 2.24. The molecular formula is C13H21NO2Si. The summed E-state index contributed by atoms with van der Waals surface area (Å²) in [6, 6.07) is 1.84. The van der Waals surface area contributed by atoms with Gasteiger partial charge in [0.15, 0.2) is 16.0 Å². The molecule has 0 aliphatic carbocycles. The summed E-state index contributed by atoms with van der Waals surface area (Å²) in [5.74, 6) is 0. The molecule has 1 aromatic rings. The van der Waals surface area contributed by atoms with Gasteiger partial charge in [-0.25, -0.2) is 0 Å². The summed E-state index contributed by atoms with van der Waals surface area (Å²) in [5, 5.41) is 0.257. The predicted octanol–water partition coefficient (Wildman–Crippen LogP) is 2.45. The molecule has 0 aromatic carbocycles. The third-order valence-corrected chi connectivity index (χ3v) is 4.19. The van der Waals surface area contributed by atoms with Crippen LogP contribution in [0.3, 0.4) is 0 Å². The van der Waals surface area contributed by atoms with Crippen LogP contribution in [0.25, 0.3) is 0 Å². The van der Waals surface area contributed by atoms with E-state index < -0.39 is 9.76 Å². The summed E-state index contributed by atoms with van der Waals surface area (Å²) in [5.41, 5.74) is 1.18. The summed E-state index contributed by atoms with van der Waals surface area (Å²) in [6.07, 6.45) is 4.14. The fraction of sp³-hybridized carbons (Fsp3) is 0.538. The van der Waals surface area contributed by atoms with Crippen LogP contribution >= 0.6 is 0 Å². The van der Waals surface area contributed by atoms with E-state index in [-0.39, 0.29) is 10.6 Å².